The van der Waals surface area contributed by atoms with Crippen molar-refractivity contribution in [2.75, 3.05) is 66.6 Å². The summed E-state index contributed by atoms with van der Waals surface area (Å²) in [4.78, 5) is 45.8. The second-order valence-electron chi connectivity index (χ2n) is 18.9. The summed E-state index contributed by atoms with van der Waals surface area (Å²) in [7, 11) is -1.65. The van der Waals surface area contributed by atoms with Crippen LogP contribution < -0.4 is 29.9 Å². The number of methoxy groups -OCH3 is 2. The topological polar surface area (TPSA) is 226 Å². The van der Waals surface area contributed by atoms with Gasteiger partial charge in [0, 0.05) is 56.9 Å². The van der Waals surface area contributed by atoms with Gasteiger partial charge in [-0.3, -0.25) is 14.1 Å². The molecule has 18 nitrogen and oxygen atoms in total. The van der Waals surface area contributed by atoms with Crippen molar-refractivity contribution >= 4 is 112 Å². The number of thioether (sulfide) groups is 1. The summed E-state index contributed by atoms with van der Waals surface area (Å²) in [5.74, 6) is 2.06. The monoisotopic (exact) mass is 1050 g/mol. The van der Waals surface area contributed by atoms with Crippen LogP contribution in [0.15, 0.2) is 60.8 Å². The van der Waals surface area contributed by atoms with Gasteiger partial charge in [0.1, 0.15) is 32.8 Å². The van der Waals surface area contributed by atoms with Crippen LogP contribution in [0.5, 0.6) is 11.5 Å². The summed E-state index contributed by atoms with van der Waals surface area (Å²) in [6, 6.07) is 9.21. The zero-order valence-corrected chi connectivity index (χ0v) is 45.5. The molecule has 3 N–H and O–H groups in total. The number of carbonyl (C=O) groups is 2. The Hall–Kier alpha value is -5.55. The first-order valence-electron chi connectivity index (χ1n) is 23.8. The Kier molecular flexibility index (Phi) is 16.5. The maximum Gasteiger partial charge on any atom is 0.297 e. The minimum atomic E-state index is -4.81. The summed E-state index contributed by atoms with van der Waals surface area (Å²) < 4.78 is 48.2. The maximum atomic E-state index is 13.3. The average molecular weight is 1050 g/mol. The third kappa shape index (κ3) is 12.2. The Labute approximate surface area is 428 Å². The number of azo groups is 2. The molecule has 0 unspecified atom stereocenters. The molecular formula is C49H63N11O7S4. The van der Waals surface area contributed by atoms with E-state index in [4.69, 9.17) is 29.5 Å². The van der Waals surface area contributed by atoms with E-state index in [1.807, 2.05) is 52.0 Å². The summed E-state index contributed by atoms with van der Waals surface area (Å²) in [5.41, 5.74) is 3.73. The van der Waals surface area contributed by atoms with Crippen molar-refractivity contribution in [2.45, 2.75) is 111 Å². The molecule has 0 aliphatic heterocycles. The minimum absolute atomic E-state index is 0.116. The summed E-state index contributed by atoms with van der Waals surface area (Å²) in [6.07, 6.45) is 3.63. The van der Waals surface area contributed by atoms with Gasteiger partial charge in [0.25, 0.3) is 10.1 Å². The van der Waals surface area contributed by atoms with Crippen LogP contribution in [-0.2, 0) is 23.0 Å². The molecule has 5 aromatic rings. The number of ether oxygens (including phenoxy) is 2. The van der Waals surface area contributed by atoms with Crippen LogP contribution in [0.1, 0.15) is 118 Å². The molecular weight excluding hydrogens is 983 g/mol. The van der Waals surface area contributed by atoms with Gasteiger partial charge in [-0.15, -0.1) is 43.1 Å². The molecule has 0 saturated carbocycles. The summed E-state index contributed by atoms with van der Waals surface area (Å²) >= 11 is 3.71. The number of hydrogen-bond acceptors (Lipinski definition) is 20. The first kappa shape index (κ1) is 53.3. The van der Waals surface area contributed by atoms with Crippen molar-refractivity contribution in [2.24, 2.45) is 31.3 Å². The third-order valence-corrected chi connectivity index (χ3v) is 16.5. The minimum Gasteiger partial charge on any atom is -0.494 e. The number of aromatic nitrogens is 3. The average Bonchev–Trinajstić information content (AvgIpc) is 3.90. The van der Waals surface area contributed by atoms with Crippen molar-refractivity contribution in [3.63, 3.8) is 0 Å². The lowest BCUT2D eigenvalue weighted by Gasteiger charge is -2.28. The molecule has 0 fully saturated rings. The Morgan fingerprint density at radius 2 is 1.23 bits per heavy atom. The maximum absolute atomic E-state index is 13.3. The Bertz CT molecular complexity index is 2980. The van der Waals surface area contributed by atoms with E-state index < -0.39 is 20.4 Å². The molecule has 0 amide bonds. The number of hydrogen-bond donors (Lipinski definition) is 3. The highest BCUT2D eigenvalue weighted by Gasteiger charge is 2.39. The Morgan fingerprint density at radius 1 is 0.704 bits per heavy atom. The molecule has 3 aromatic heterocycles. The third-order valence-electron chi connectivity index (χ3n) is 12.2. The SMILES string of the molecule is CCCCSc1nc(Nc2cc(N(CC)CC)c(OC)cc2/N=N/c2cc3c(s2)C(=O)CC(C)(C)C3)nc(Nc2cc(N(CC)CC)c(OC)cc2/N=N/c2sc3c(c2S(=O)(=O)O)CC(C)(C)CC3=O)n1. The molecule has 3 heterocycles. The Morgan fingerprint density at radius 3 is 1.73 bits per heavy atom. The number of rotatable bonds is 21. The first-order chi connectivity index (χ1) is 33.7. The van der Waals surface area contributed by atoms with Gasteiger partial charge in [-0.2, -0.15) is 23.4 Å². The predicted octanol–water partition coefficient (Wildman–Crippen LogP) is 13.5. The molecule has 0 bridgehead atoms. The van der Waals surface area contributed by atoms with Gasteiger partial charge in [0.2, 0.25) is 11.9 Å². The van der Waals surface area contributed by atoms with Gasteiger partial charge in [-0.1, -0.05) is 52.8 Å². The number of fused-ring (bicyclic) bond motifs is 2. The van der Waals surface area contributed by atoms with Gasteiger partial charge in [-0.25, -0.2) is 0 Å². The van der Waals surface area contributed by atoms with Crippen molar-refractivity contribution in [3.05, 3.63) is 51.2 Å². The molecule has 0 saturated heterocycles. The van der Waals surface area contributed by atoms with Crippen molar-refractivity contribution < 1.29 is 32.0 Å². The van der Waals surface area contributed by atoms with E-state index in [0.717, 1.165) is 58.2 Å². The number of anilines is 6. The number of benzene rings is 2. The largest absolute Gasteiger partial charge is 0.494 e. The zero-order valence-electron chi connectivity index (χ0n) is 42.2. The molecule has 0 radical (unpaired) electrons. The van der Waals surface area contributed by atoms with Crippen LogP contribution in [0.25, 0.3) is 0 Å². The molecule has 22 heteroatoms. The van der Waals surface area contributed by atoms with Gasteiger partial charge in [0.15, 0.2) is 21.7 Å². The van der Waals surface area contributed by atoms with E-state index in [2.05, 4.69) is 70.4 Å². The Balaban J connectivity index is 1.34. The van der Waals surface area contributed by atoms with Gasteiger partial charge < -0.3 is 29.9 Å². The van der Waals surface area contributed by atoms with Gasteiger partial charge in [0.05, 0.1) is 46.7 Å². The van der Waals surface area contributed by atoms with E-state index in [1.165, 1.54) is 23.1 Å². The predicted molar refractivity (Wildman–Crippen MR) is 285 cm³/mol. The molecule has 380 valence electrons. The van der Waals surface area contributed by atoms with Crippen molar-refractivity contribution in [3.8, 4) is 11.5 Å². The van der Waals surface area contributed by atoms with E-state index in [-0.39, 0.29) is 62.8 Å². The fourth-order valence-corrected chi connectivity index (χ4v) is 12.9. The molecule has 2 aromatic carbocycles. The van der Waals surface area contributed by atoms with Crippen molar-refractivity contribution in [1.29, 1.82) is 0 Å². The molecule has 2 aliphatic rings. The number of ketones is 2. The number of Topliss-reactive ketones (excluding diaryl/α,β-unsaturated/α-hetero) is 2. The smallest absolute Gasteiger partial charge is 0.297 e. The number of thiophene rings is 2. The number of nitrogens with zero attached hydrogens (tertiary/aromatic N) is 9. The molecule has 0 atom stereocenters. The van der Waals surface area contributed by atoms with Crippen LogP contribution in [0, 0.1) is 10.8 Å². The van der Waals surface area contributed by atoms with E-state index in [1.54, 1.807) is 20.3 Å². The second kappa shape index (κ2) is 22.1. The molecule has 0 spiro atoms. The fraction of sp³-hybridized carbons (Fsp3) is 0.490. The number of nitrogens with one attached hydrogen (secondary N) is 2. The van der Waals surface area contributed by atoms with Crippen LogP contribution in [0.2, 0.25) is 0 Å². The van der Waals surface area contributed by atoms with Crippen molar-refractivity contribution in [1.82, 2.24) is 15.0 Å². The first-order valence-corrected chi connectivity index (χ1v) is 27.8. The highest BCUT2D eigenvalue weighted by molar-refractivity contribution is 7.99. The van der Waals surface area contributed by atoms with Crippen LogP contribution in [0.3, 0.4) is 0 Å². The van der Waals surface area contributed by atoms with E-state index >= 15 is 0 Å². The highest BCUT2D eigenvalue weighted by atomic mass is 32.2. The van der Waals surface area contributed by atoms with E-state index in [9.17, 15) is 22.6 Å². The lowest BCUT2D eigenvalue weighted by atomic mass is 9.76. The number of carbonyl (C=O) groups excluding carboxylic acids is 2. The lowest BCUT2D eigenvalue weighted by molar-refractivity contribution is 0.0907. The van der Waals surface area contributed by atoms with Crippen LogP contribution in [-0.4, -0.2) is 85.6 Å². The summed E-state index contributed by atoms with van der Waals surface area (Å²) in [5, 5.41) is 26.1. The van der Waals surface area contributed by atoms with Crippen LogP contribution >= 0.6 is 34.4 Å². The van der Waals surface area contributed by atoms with E-state index in [0.29, 0.717) is 71.3 Å². The quantitative estimate of drug-likeness (QED) is 0.0269. The molecule has 71 heavy (non-hydrogen) atoms. The van der Waals surface area contributed by atoms with Gasteiger partial charge >= 0.3 is 0 Å². The normalized spacial score (nSPS) is 15.3. The summed E-state index contributed by atoms with van der Waals surface area (Å²) in [6.45, 7) is 21.0. The zero-order chi connectivity index (χ0) is 51.4. The van der Waals surface area contributed by atoms with Crippen LogP contribution in [0.4, 0.5) is 56.0 Å². The molecule has 2 aliphatic carbocycles. The number of unbranched alkanes of at least 4 members (excludes halogenated alkanes) is 1. The lowest BCUT2D eigenvalue weighted by Crippen LogP contribution is -2.26. The highest BCUT2D eigenvalue weighted by Crippen LogP contribution is 2.49. The standard InChI is InChI=1S/C49H63N11O7S4/c1-12-17-18-68-47-53-45(50-30-20-34(59(13-2)14-3)38(66-10)22-32(30)55-57-40-19-28-24-48(6,7)26-36(61)41(28)69-40)52-46(54-47)51-31-21-35(60(15-4)16-5)39(67-11)23-33(31)56-58-44-43(71(63,64)65)29-25-49(8,9)27-37(62)42(29)70-44/h19-23H,12-18,24-27H2,1-11H3,(H,63,64,65)(H2,50,51,52,53,54)/b57-55+,58-56+. The molecule has 7 rings (SSSR count). The van der Waals surface area contributed by atoms with Gasteiger partial charge in [-0.05, 0) is 87.1 Å². The second-order valence-corrected chi connectivity index (χ2v) is 23.3. The fourth-order valence-electron chi connectivity index (χ4n) is 8.85.